The van der Waals surface area contributed by atoms with Crippen molar-refractivity contribution in [2.45, 2.75) is 10.9 Å². The van der Waals surface area contributed by atoms with Gasteiger partial charge in [-0.3, -0.25) is 20.8 Å². The average Bonchev–Trinajstić information content (AvgIpc) is 2.45. The van der Waals surface area contributed by atoms with Crippen molar-refractivity contribution in [3.05, 3.63) is 56.5 Å². The highest BCUT2D eigenvalue weighted by molar-refractivity contribution is 7.98. The van der Waals surface area contributed by atoms with Gasteiger partial charge in [0.1, 0.15) is 5.69 Å². The van der Waals surface area contributed by atoms with E-state index < -0.39 is 4.92 Å². The molecular formula is C11H11N5O3S. The van der Waals surface area contributed by atoms with E-state index >= 15 is 0 Å². The molecule has 0 saturated heterocycles. The minimum absolute atomic E-state index is 0.0971. The Balaban J connectivity index is 2.16. The van der Waals surface area contributed by atoms with Gasteiger partial charge in [-0.15, -0.1) is 0 Å². The van der Waals surface area contributed by atoms with Gasteiger partial charge in [0.15, 0.2) is 5.16 Å². The number of rotatable bonds is 5. The molecule has 1 heterocycles. The maximum absolute atomic E-state index is 11.1. The lowest BCUT2D eigenvalue weighted by atomic mass is 10.2. The van der Waals surface area contributed by atoms with Gasteiger partial charge in [0.05, 0.1) is 4.92 Å². The van der Waals surface area contributed by atoms with Crippen molar-refractivity contribution in [2.75, 3.05) is 5.43 Å². The Bertz CT molecular complexity index is 688. The number of nitrogens with one attached hydrogen (secondary N) is 2. The Hall–Kier alpha value is -2.39. The van der Waals surface area contributed by atoms with E-state index in [4.69, 9.17) is 5.84 Å². The summed E-state index contributed by atoms with van der Waals surface area (Å²) in [4.78, 5) is 28.1. The summed E-state index contributed by atoms with van der Waals surface area (Å²) in [6.45, 7) is 0. The molecule has 8 nitrogen and oxygen atoms in total. The minimum atomic E-state index is -0.508. The molecule has 1 aromatic heterocycles. The summed E-state index contributed by atoms with van der Waals surface area (Å²) in [7, 11) is 0. The second-order valence-electron chi connectivity index (χ2n) is 3.78. The number of benzene rings is 1. The zero-order valence-electron chi connectivity index (χ0n) is 10.2. The Morgan fingerprint density at radius 3 is 2.90 bits per heavy atom. The van der Waals surface area contributed by atoms with Gasteiger partial charge in [0, 0.05) is 24.1 Å². The van der Waals surface area contributed by atoms with E-state index in [1.54, 1.807) is 6.07 Å². The zero-order valence-corrected chi connectivity index (χ0v) is 11.0. The van der Waals surface area contributed by atoms with Crippen LogP contribution in [0.25, 0.3) is 0 Å². The molecule has 0 amide bonds. The second-order valence-corrected chi connectivity index (χ2v) is 4.74. The number of aromatic amines is 1. The standard InChI is InChI=1S/C11H11N5O3S/c12-15-8-2-1-7(5-9(8)16(18)19)6-20-11-13-4-3-10(17)14-11/h1-5,15H,6,12H2,(H,13,14,17). The average molecular weight is 293 g/mol. The number of H-pyrrole nitrogens is 1. The van der Waals surface area contributed by atoms with Gasteiger partial charge < -0.3 is 10.4 Å². The first-order valence-corrected chi connectivity index (χ1v) is 6.51. The van der Waals surface area contributed by atoms with Crippen molar-refractivity contribution in [3.8, 4) is 0 Å². The van der Waals surface area contributed by atoms with Gasteiger partial charge in [-0.05, 0) is 11.6 Å². The molecule has 0 atom stereocenters. The summed E-state index contributed by atoms with van der Waals surface area (Å²) in [5.41, 5.74) is 2.91. The van der Waals surface area contributed by atoms with E-state index in [0.717, 1.165) is 5.56 Å². The highest BCUT2D eigenvalue weighted by Gasteiger charge is 2.13. The molecule has 20 heavy (non-hydrogen) atoms. The number of nitrogens with two attached hydrogens (primary N) is 1. The smallest absolute Gasteiger partial charge is 0.293 e. The molecule has 0 aliphatic heterocycles. The van der Waals surface area contributed by atoms with Gasteiger partial charge >= 0.3 is 0 Å². The predicted octanol–water partition coefficient (Wildman–Crippen LogP) is 1.26. The number of nitrogen functional groups attached to an aromatic ring is 1. The molecule has 2 rings (SSSR count). The van der Waals surface area contributed by atoms with Crippen LogP contribution in [0, 0.1) is 10.1 Å². The van der Waals surface area contributed by atoms with Crippen molar-refractivity contribution < 1.29 is 4.92 Å². The highest BCUT2D eigenvalue weighted by Crippen LogP contribution is 2.27. The monoisotopic (exact) mass is 293 g/mol. The third kappa shape index (κ3) is 3.33. The summed E-state index contributed by atoms with van der Waals surface area (Å²) < 4.78 is 0. The number of aromatic nitrogens is 2. The molecular weight excluding hydrogens is 282 g/mol. The van der Waals surface area contributed by atoms with Crippen LogP contribution in [-0.4, -0.2) is 14.9 Å². The van der Waals surface area contributed by atoms with Crippen LogP contribution in [0.4, 0.5) is 11.4 Å². The predicted molar refractivity (Wildman–Crippen MR) is 75.3 cm³/mol. The van der Waals surface area contributed by atoms with Crippen molar-refractivity contribution in [3.63, 3.8) is 0 Å². The SMILES string of the molecule is NNc1ccc(CSc2nccc(=O)[nH]2)cc1[N+](=O)[O-]. The van der Waals surface area contributed by atoms with Crippen molar-refractivity contribution >= 4 is 23.1 Å². The molecule has 104 valence electrons. The lowest BCUT2D eigenvalue weighted by Crippen LogP contribution is -2.09. The fourth-order valence-electron chi connectivity index (χ4n) is 1.52. The number of hydrazine groups is 1. The fraction of sp³-hybridized carbons (Fsp3) is 0.0909. The number of nitro benzene ring substituents is 1. The van der Waals surface area contributed by atoms with Crippen molar-refractivity contribution in [2.24, 2.45) is 5.84 Å². The molecule has 2 aromatic rings. The summed E-state index contributed by atoms with van der Waals surface area (Å²) in [5.74, 6) is 5.65. The number of anilines is 1. The zero-order chi connectivity index (χ0) is 14.5. The van der Waals surface area contributed by atoms with Crippen molar-refractivity contribution in [1.82, 2.24) is 9.97 Å². The summed E-state index contributed by atoms with van der Waals surface area (Å²) in [5, 5.41) is 11.4. The first-order chi connectivity index (χ1) is 9.60. The summed E-state index contributed by atoms with van der Waals surface area (Å²) in [6.07, 6.45) is 1.41. The maximum atomic E-state index is 11.1. The highest BCUT2D eigenvalue weighted by atomic mass is 32.2. The Morgan fingerprint density at radius 1 is 1.45 bits per heavy atom. The van der Waals surface area contributed by atoms with Crippen LogP contribution in [-0.2, 0) is 5.75 Å². The number of nitro groups is 1. The van der Waals surface area contributed by atoms with Gasteiger partial charge in [-0.1, -0.05) is 17.8 Å². The molecule has 9 heteroatoms. The van der Waals surface area contributed by atoms with Crippen LogP contribution in [0.5, 0.6) is 0 Å². The van der Waals surface area contributed by atoms with E-state index in [1.165, 1.54) is 36.2 Å². The molecule has 0 saturated carbocycles. The molecule has 1 aromatic carbocycles. The van der Waals surface area contributed by atoms with Crippen LogP contribution >= 0.6 is 11.8 Å². The number of nitrogens with zero attached hydrogens (tertiary/aromatic N) is 2. The fourth-order valence-corrected chi connectivity index (χ4v) is 2.31. The first-order valence-electron chi connectivity index (χ1n) is 5.52. The van der Waals surface area contributed by atoms with Gasteiger partial charge in [0.2, 0.25) is 0 Å². The lowest BCUT2D eigenvalue weighted by molar-refractivity contribution is -0.384. The van der Waals surface area contributed by atoms with Crippen LogP contribution in [0.2, 0.25) is 0 Å². The van der Waals surface area contributed by atoms with Crippen LogP contribution < -0.4 is 16.8 Å². The van der Waals surface area contributed by atoms with E-state index in [2.05, 4.69) is 15.4 Å². The third-order valence-corrected chi connectivity index (χ3v) is 3.40. The van der Waals surface area contributed by atoms with Gasteiger partial charge in [-0.2, -0.15) is 0 Å². The van der Waals surface area contributed by atoms with E-state index in [-0.39, 0.29) is 16.9 Å². The van der Waals surface area contributed by atoms with Crippen LogP contribution in [0.1, 0.15) is 5.56 Å². The molecule has 0 aliphatic rings. The Morgan fingerprint density at radius 2 is 2.25 bits per heavy atom. The lowest BCUT2D eigenvalue weighted by Gasteiger charge is -2.05. The maximum Gasteiger partial charge on any atom is 0.293 e. The topological polar surface area (TPSA) is 127 Å². The Kier molecular flexibility index (Phi) is 4.33. The number of hydrogen-bond donors (Lipinski definition) is 3. The Labute approximate surface area is 117 Å². The van der Waals surface area contributed by atoms with Crippen LogP contribution in [0.3, 0.4) is 0 Å². The number of thioether (sulfide) groups is 1. The minimum Gasteiger partial charge on any atom is -0.318 e. The summed E-state index contributed by atoms with van der Waals surface area (Å²) in [6, 6.07) is 6.01. The first kappa shape index (κ1) is 14.0. The number of hydrogen-bond acceptors (Lipinski definition) is 7. The molecule has 0 spiro atoms. The third-order valence-electron chi connectivity index (χ3n) is 2.44. The molecule has 0 aliphatic carbocycles. The molecule has 0 fully saturated rings. The van der Waals surface area contributed by atoms with E-state index in [0.29, 0.717) is 10.9 Å². The molecule has 0 unspecified atom stereocenters. The normalized spacial score (nSPS) is 10.2. The van der Waals surface area contributed by atoms with Crippen molar-refractivity contribution in [1.29, 1.82) is 0 Å². The van der Waals surface area contributed by atoms with E-state index in [9.17, 15) is 14.9 Å². The molecule has 0 radical (unpaired) electrons. The van der Waals surface area contributed by atoms with Crippen LogP contribution in [0.15, 0.2) is 40.4 Å². The van der Waals surface area contributed by atoms with Gasteiger partial charge in [-0.25, -0.2) is 4.98 Å². The second kappa shape index (κ2) is 6.17. The largest absolute Gasteiger partial charge is 0.318 e. The molecule has 4 N–H and O–H groups in total. The van der Waals surface area contributed by atoms with Gasteiger partial charge in [0.25, 0.3) is 11.2 Å². The van der Waals surface area contributed by atoms with E-state index in [1.807, 2.05) is 0 Å². The molecule has 0 bridgehead atoms. The quantitative estimate of drug-likeness (QED) is 0.249. The summed E-state index contributed by atoms with van der Waals surface area (Å²) >= 11 is 1.28.